The van der Waals surface area contributed by atoms with E-state index in [0.717, 1.165) is 5.69 Å². The molecular formula is C19H18FN3O3S. The summed E-state index contributed by atoms with van der Waals surface area (Å²) >= 11 is 1.37. The molecule has 0 bridgehead atoms. The first-order chi connectivity index (χ1) is 13.0. The lowest BCUT2D eigenvalue weighted by Gasteiger charge is -2.32. The van der Waals surface area contributed by atoms with Crippen LogP contribution in [0.1, 0.15) is 28.9 Å². The molecule has 1 fully saturated rings. The standard InChI is InChI=1S/C19H18FN3O3S/c1-12-11-27-19-21-10-16(18(25)23(12)19)17(24)22-8-6-15(7-9-22)26-14-4-2-13(20)3-5-14/h2-5,10-11,15H,6-9H2,1H3. The lowest BCUT2D eigenvalue weighted by atomic mass is 10.1. The third-order valence-corrected chi connectivity index (χ3v) is 5.65. The molecule has 0 radical (unpaired) electrons. The van der Waals surface area contributed by atoms with Gasteiger partial charge in [-0.25, -0.2) is 9.37 Å². The van der Waals surface area contributed by atoms with Crippen LogP contribution in [0.3, 0.4) is 0 Å². The lowest BCUT2D eigenvalue weighted by Crippen LogP contribution is -2.43. The summed E-state index contributed by atoms with van der Waals surface area (Å²) in [6.07, 6.45) is 2.63. The Hall–Kier alpha value is -2.74. The van der Waals surface area contributed by atoms with Crippen molar-refractivity contribution in [3.8, 4) is 5.75 Å². The smallest absolute Gasteiger partial charge is 0.271 e. The second-order valence-corrected chi connectivity index (χ2v) is 7.37. The van der Waals surface area contributed by atoms with Gasteiger partial charge in [0.2, 0.25) is 0 Å². The van der Waals surface area contributed by atoms with Gasteiger partial charge >= 0.3 is 0 Å². The van der Waals surface area contributed by atoms with Gasteiger partial charge in [0.15, 0.2) is 4.96 Å². The minimum Gasteiger partial charge on any atom is -0.490 e. The Labute approximate surface area is 158 Å². The minimum absolute atomic E-state index is 0.0414. The van der Waals surface area contributed by atoms with E-state index >= 15 is 0 Å². The van der Waals surface area contributed by atoms with E-state index in [0.29, 0.717) is 36.6 Å². The molecule has 0 N–H and O–H groups in total. The van der Waals surface area contributed by atoms with Crippen LogP contribution in [-0.2, 0) is 0 Å². The SMILES string of the molecule is Cc1csc2ncc(C(=O)N3CCC(Oc4ccc(F)cc4)CC3)c(=O)n12. The highest BCUT2D eigenvalue weighted by molar-refractivity contribution is 7.15. The van der Waals surface area contributed by atoms with E-state index in [1.807, 2.05) is 12.3 Å². The molecule has 6 nitrogen and oxygen atoms in total. The van der Waals surface area contributed by atoms with Gasteiger partial charge in [0.1, 0.15) is 23.2 Å². The maximum atomic E-state index is 13.0. The molecule has 1 saturated heterocycles. The Morgan fingerprint density at radius 1 is 1.26 bits per heavy atom. The van der Waals surface area contributed by atoms with Crippen molar-refractivity contribution >= 4 is 22.2 Å². The third-order valence-electron chi connectivity index (χ3n) is 4.69. The number of likely N-dealkylation sites (tertiary alicyclic amines) is 1. The fraction of sp³-hybridized carbons (Fsp3) is 0.316. The highest BCUT2D eigenvalue weighted by Gasteiger charge is 2.27. The molecule has 0 spiro atoms. The number of nitrogens with zero attached hydrogens (tertiary/aromatic N) is 3. The van der Waals surface area contributed by atoms with Crippen molar-refractivity contribution in [3.63, 3.8) is 0 Å². The van der Waals surface area contributed by atoms with E-state index < -0.39 is 0 Å². The number of fused-ring (bicyclic) bond motifs is 1. The van der Waals surface area contributed by atoms with Crippen LogP contribution in [0.4, 0.5) is 4.39 Å². The molecule has 3 aromatic rings. The zero-order valence-corrected chi connectivity index (χ0v) is 15.5. The lowest BCUT2D eigenvalue weighted by molar-refractivity contribution is 0.0593. The van der Waals surface area contributed by atoms with Crippen LogP contribution in [0, 0.1) is 12.7 Å². The maximum Gasteiger partial charge on any atom is 0.271 e. The monoisotopic (exact) mass is 387 g/mol. The number of halogens is 1. The number of hydrogen-bond acceptors (Lipinski definition) is 5. The van der Waals surface area contributed by atoms with E-state index in [1.54, 1.807) is 17.0 Å². The van der Waals surface area contributed by atoms with Crippen LogP contribution < -0.4 is 10.3 Å². The first kappa shape index (κ1) is 17.7. The predicted molar refractivity (Wildman–Crippen MR) is 100 cm³/mol. The number of amides is 1. The second-order valence-electron chi connectivity index (χ2n) is 6.54. The highest BCUT2D eigenvalue weighted by Crippen LogP contribution is 2.20. The Bertz CT molecular complexity index is 1040. The first-order valence-electron chi connectivity index (χ1n) is 8.70. The molecule has 0 aliphatic carbocycles. The Morgan fingerprint density at radius 2 is 1.96 bits per heavy atom. The number of aryl methyl sites for hydroxylation is 1. The summed E-state index contributed by atoms with van der Waals surface area (Å²) in [6, 6.07) is 5.91. The van der Waals surface area contributed by atoms with Gasteiger partial charge in [0.05, 0.1) is 0 Å². The van der Waals surface area contributed by atoms with Crippen LogP contribution in [0.5, 0.6) is 5.75 Å². The normalized spacial score (nSPS) is 15.3. The van der Waals surface area contributed by atoms with E-state index in [1.165, 1.54) is 34.1 Å². The molecule has 2 aromatic heterocycles. The number of ether oxygens (including phenoxy) is 1. The number of aromatic nitrogens is 2. The molecule has 1 aliphatic heterocycles. The van der Waals surface area contributed by atoms with Crippen LogP contribution in [0.2, 0.25) is 0 Å². The van der Waals surface area contributed by atoms with Crippen molar-refractivity contribution in [1.82, 2.24) is 14.3 Å². The summed E-state index contributed by atoms with van der Waals surface area (Å²) in [7, 11) is 0. The number of carbonyl (C=O) groups is 1. The number of carbonyl (C=O) groups excluding carboxylic acids is 1. The van der Waals surface area contributed by atoms with Crippen molar-refractivity contribution in [2.75, 3.05) is 13.1 Å². The predicted octanol–water partition coefficient (Wildman–Crippen LogP) is 2.89. The third kappa shape index (κ3) is 3.44. The molecule has 0 unspecified atom stereocenters. The Morgan fingerprint density at radius 3 is 2.67 bits per heavy atom. The summed E-state index contributed by atoms with van der Waals surface area (Å²) in [4.78, 5) is 31.9. The number of rotatable bonds is 3. The van der Waals surface area contributed by atoms with Crippen molar-refractivity contribution in [2.45, 2.75) is 25.9 Å². The molecule has 0 saturated carbocycles. The fourth-order valence-electron chi connectivity index (χ4n) is 3.22. The van der Waals surface area contributed by atoms with Gasteiger partial charge in [-0.3, -0.25) is 14.0 Å². The maximum absolute atomic E-state index is 13.0. The van der Waals surface area contributed by atoms with E-state index in [2.05, 4.69) is 4.98 Å². The molecule has 4 rings (SSSR count). The van der Waals surface area contributed by atoms with Crippen molar-refractivity contribution in [1.29, 1.82) is 0 Å². The topological polar surface area (TPSA) is 63.9 Å². The Balaban J connectivity index is 1.44. The number of piperidine rings is 1. The Kier molecular flexibility index (Phi) is 4.65. The largest absolute Gasteiger partial charge is 0.490 e. The molecule has 3 heterocycles. The summed E-state index contributed by atoms with van der Waals surface area (Å²) < 4.78 is 20.3. The average Bonchev–Trinajstić information content (AvgIpc) is 3.06. The second kappa shape index (κ2) is 7.11. The van der Waals surface area contributed by atoms with Crippen molar-refractivity contribution < 1.29 is 13.9 Å². The summed E-state index contributed by atoms with van der Waals surface area (Å²) in [5.41, 5.74) is 0.536. The highest BCUT2D eigenvalue weighted by atomic mass is 32.1. The van der Waals surface area contributed by atoms with E-state index in [4.69, 9.17) is 4.74 Å². The molecule has 27 heavy (non-hydrogen) atoms. The number of benzene rings is 1. The first-order valence-corrected chi connectivity index (χ1v) is 9.58. The molecule has 8 heteroatoms. The number of hydrogen-bond donors (Lipinski definition) is 0. The van der Waals surface area contributed by atoms with Gasteiger partial charge in [0.25, 0.3) is 11.5 Å². The zero-order chi connectivity index (χ0) is 19.0. The average molecular weight is 387 g/mol. The van der Waals surface area contributed by atoms with Gasteiger partial charge in [-0.2, -0.15) is 0 Å². The minimum atomic E-state index is -0.326. The molecule has 140 valence electrons. The summed E-state index contributed by atoms with van der Waals surface area (Å²) in [5, 5.41) is 1.84. The zero-order valence-electron chi connectivity index (χ0n) is 14.7. The number of thiazole rings is 1. The van der Waals surface area contributed by atoms with Crippen LogP contribution in [0.15, 0.2) is 40.6 Å². The molecule has 0 atom stereocenters. The molecular weight excluding hydrogens is 369 g/mol. The van der Waals surface area contributed by atoms with Crippen molar-refractivity contribution in [2.24, 2.45) is 0 Å². The van der Waals surface area contributed by atoms with Gasteiger partial charge < -0.3 is 9.64 Å². The van der Waals surface area contributed by atoms with Gasteiger partial charge in [-0.15, -0.1) is 11.3 Å². The summed E-state index contributed by atoms with van der Waals surface area (Å²) in [6.45, 7) is 2.81. The molecule has 1 aliphatic rings. The van der Waals surface area contributed by atoms with Gasteiger partial charge in [-0.05, 0) is 31.2 Å². The van der Waals surface area contributed by atoms with E-state index in [9.17, 15) is 14.0 Å². The van der Waals surface area contributed by atoms with Crippen LogP contribution in [-0.4, -0.2) is 39.4 Å². The van der Waals surface area contributed by atoms with Gasteiger partial charge in [-0.1, -0.05) is 0 Å². The van der Waals surface area contributed by atoms with Crippen LogP contribution >= 0.6 is 11.3 Å². The van der Waals surface area contributed by atoms with Crippen LogP contribution in [0.25, 0.3) is 4.96 Å². The van der Waals surface area contributed by atoms with Gasteiger partial charge in [0, 0.05) is 43.2 Å². The van der Waals surface area contributed by atoms with Crippen molar-refractivity contribution in [3.05, 3.63) is 63.3 Å². The van der Waals surface area contributed by atoms with E-state index in [-0.39, 0.29) is 29.0 Å². The summed E-state index contributed by atoms with van der Waals surface area (Å²) in [5.74, 6) is 0.00947. The fourth-order valence-corrected chi connectivity index (χ4v) is 4.05. The quantitative estimate of drug-likeness (QED) is 0.693. The molecule has 1 amide bonds. The molecule has 1 aromatic carbocycles.